The molecular formula is C26H30N2O3S. The monoisotopic (exact) mass is 450 g/mol. The minimum Gasteiger partial charge on any atom is -0.385 e. The Balaban J connectivity index is 1.77. The van der Waals surface area contributed by atoms with Gasteiger partial charge in [0.15, 0.2) is 0 Å². The molecule has 0 unspecified atom stereocenters. The molecule has 0 atom stereocenters. The Bertz CT molecular complexity index is 972. The molecule has 0 aliphatic rings. The number of carbonyl (C=O) groups excluding carboxylic acids is 2. The molecule has 32 heavy (non-hydrogen) atoms. The first-order valence-corrected chi connectivity index (χ1v) is 11.6. The molecule has 0 bridgehead atoms. The van der Waals surface area contributed by atoms with Crippen LogP contribution in [0, 0.1) is 6.92 Å². The van der Waals surface area contributed by atoms with Crippen molar-refractivity contribution in [3.05, 3.63) is 93.7 Å². The minimum atomic E-state index is -0.134. The molecule has 0 N–H and O–H groups in total. The van der Waals surface area contributed by atoms with Gasteiger partial charge in [0.05, 0.1) is 6.54 Å². The fraction of sp³-hybridized carbons (Fsp3) is 0.308. The van der Waals surface area contributed by atoms with Crippen molar-refractivity contribution in [2.24, 2.45) is 0 Å². The molecule has 0 fully saturated rings. The SMILES string of the molecule is COCCCN(CC(=O)N(Cc1ccccc1)Cc1cccs1)C(=O)c1ccc(C)cc1. The van der Waals surface area contributed by atoms with Gasteiger partial charge in [-0.2, -0.15) is 0 Å². The summed E-state index contributed by atoms with van der Waals surface area (Å²) in [5.74, 6) is -0.203. The molecule has 0 saturated heterocycles. The van der Waals surface area contributed by atoms with Gasteiger partial charge in [0.1, 0.15) is 6.54 Å². The van der Waals surface area contributed by atoms with E-state index in [0.29, 0.717) is 38.2 Å². The summed E-state index contributed by atoms with van der Waals surface area (Å²) in [7, 11) is 1.64. The van der Waals surface area contributed by atoms with Crippen LogP contribution in [0.1, 0.15) is 32.8 Å². The van der Waals surface area contributed by atoms with E-state index in [1.54, 1.807) is 23.3 Å². The molecule has 1 heterocycles. The van der Waals surface area contributed by atoms with Crippen molar-refractivity contribution in [2.75, 3.05) is 26.8 Å². The molecule has 2 amide bonds. The van der Waals surface area contributed by atoms with E-state index in [0.717, 1.165) is 16.0 Å². The number of aryl methyl sites for hydroxylation is 1. The van der Waals surface area contributed by atoms with E-state index in [-0.39, 0.29) is 18.4 Å². The molecular weight excluding hydrogens is 420 g/mol. The summed E-state index contributed by atoms with van der Waals surface area (Å²) in [5.41, 5.74) is 2.75. The molecule has 0 spiro atoms. The van der Waals surface area contributed by atoms with Crippen molar-refractivity contribution < 1.29 is 14.3 Å². The largest absolute Gasteiger partial charge is 0.385 e. The molecule has 6 heteroatoms. The molecule has 0 aliphatic heterocycles. The lowest BCUT2D eigenvalue weighted by atomic mass is 10.1. The van der Waals surface area contributed by atoms with Gasteiger partial charge < -0.3 is 14.5 Å². The maximum atomic E-state index is 13.4. The minimum absolute atomic E-state index is 0.0363. The Morgan fingerprint density at radius 3 is 2.31 bits per heavy atom. The second-order valence-corrected chi connectivity index (χ2v) is 8.79. The van der Waals surface area contributed by atoms with Crippen LogP contribution in [0.3, 0.4) is 0 Å². The molecule has 0 radical (unpaired) electrons. The zero-order chi connectivity index (χ0) is 22.8. The molecule has 0 aliphatic carbocycles. The summed E-state index contributed by atoms with van der Waals surface area (Å²) in [6, 6.07) is 21.4. The third-order valence-corrected chi connectivity index (χ3v) is 6.05. The van der Waals surface area contributed by atoms with Crippen molar-refractivity contribution in [1.29, 1.82) is 0 Å². The third kappa shape index (κ3) is 7.04. The van der Waals surface area contributed by atoms with Gasteiger partial charge in [-0.25, -0.2) is 0 Å². The average Bonchev–Trinajstić information content (AvgIpc) is 3.32. The molecule has 0 saturated carbocycles. The number of amides is 2. The van der Waals surface area contributed by atoms with Crippen LogP contribution in [-0.2, 0) is 22.6 Å². The van der Waals surface area contributed by atoms with E-state index < -0.39 is 0 Å². The van der Waals surface area contributed by atoms with Crippen LogP contribution in [-0.4, -0.2) is 48.4 Å². The summed E-state index contributed by atoms with van der Waals surface area (Å²) in [5, 5.41) is 2.01. The normalized spacial score (nSPS) is 10.7. The number of thiophene rings is 1. The zero-order valence-electron chi connectivity index (χ0n) is 18.7. The van der Waals surface area contributed by atoms with E-state index >= 15 is 0 Å². The first kappa shape index (κ1) is 23.7. The van der Waals surface area contributed by atoms with Crippen LogP contribution in [0.25, 0.3) is 0 Å². The average molecular weight is 451 g/mol. The maximum Gasteiger partial charge on any atom is 0.254 e. The van der Waals surface area contributed by atoms with Crippen LogP contribution < -0.4 is 0 Å². The summed E-state index contributed by atoms with van der Waals surface area (Å²) in [6.07, 6.45) is 0.672. The number of ether oxygens (including phenoxy) is 1. The smallest absolute Gasteiger partial charge is 0.254 e. The van der Waals surface area contributed by atoms with Gasteiger partial charge in [-0.1, -0.05) is 54.1 Å². The van der Waals surface area contributed by atoms with Crippen LogP contribution >= 0.6 is 11.3 Å². The molecule has 3 aromatic rings. The molecule has 1 aromatic heterocycles. The van der Waals surface area contributed by atoms with Crippen LogP contribution in [0.2, 0.25) is 0 Å². The quantitative estimate of drug-likeness (QED) is 0.396. The van der Waals surface area contributed by atoms with Crippen molar-refractivity contribution in [1.82, 2.24) is 9.80 Å². The second-order valence-electron chi connectivity index (χ2n) is 7.75. The van der Waals surface area contributed by atoms with E-state index in [4.69, 9.17) is 4.74 Å². The van der Waals surface area contributed by atoms with Crippen LogP contribution in [0.4, 0.5) is 0 Å². The second kappa shape index (κ2) is 12.2. The van der Waals surface area contributed by atoms with Crippen LogP contribution in [0.5, 0.6) is 0 Å². The van der Waals surface area contributed by atoms with Gasteiger partial charge in [0.2, 0.25) is 5.91 Å². The zero-order valence-corrected chi connectivity index (χ0v) is 19.5. The van der Waals surface area contributed by atoms with E-state index in [2.05, 4.69) is 0 Å². The number of benzene rings is 2. The fourth-order valence-electron chi connectivity index (χ4n) is 3.42. The highest BCUT2D eigenvalue weighted by Gasteiger charge is 2.23. The lowest BCUT2D eigenvalue weighted by molar-refractivity contribution is -0.133. The highest BCUT2D eigenvalue weighted by Crippen LogP contribution is 2.16. The predicted molar refractivity (Wildman–Crippen MR) is 129 cm³/mol. The van der Waals surface area contributed by atoms with E-state index in [1.165, 1.54) is 0 Å². The lowest BCUT2D eigenvalue weighted by Crippen LogP contribution is -2.43. The lowest BCUT2D eigenvalue weighted by Gasteiger charge is -2.28. The fourth-order valence-corrected chi connectivity index (χ4v) is 4.14. The van der Waals surface area contributed by atoms with Crippen molar-refractivity contribution in [3.8, 4) is 0 Å². The molecule has 168 valence electrons. The number of nitrogens with zero attached hydrogens (tertiary/aromatic N) is 2. The van der Waals surface area contributed by atoms with Crippen molar-refractivity contribution >= 4 is 23.2 Å². The number of carbonyl (C=O) groups is 2. The van der Waals surface area contributed by atoms with Crippen molar-refractivity contribution in [3.63, 3.8) is 0 Å². The Kier molecular flexibility index (Phi) is 9.01. The summed E-state index contributed by atoms with van der Waals surface area (Å²) in [4.78, 5) is 31.2. The van der Waals surface area contributed by atoms with Gasteiger partial charge in [-0.3, -0.25) is 9.59 Å². The number of rotatable bonds is 11. The van der Waals surface area contributed by atoms with Crippen LogP contribution in [0.15, 0.2) is 72.1 Å². The molecule has 5 nitrogen and oxygen atoms in total. The standard InChI is InChI=1S/C26H30N2O3S/c1-21-11-13-23(14-12-21)26(30)27(15-7-16-31-2)20-25(29)28(19-24-10-6-17-32-24)18-22-8-4-3-5-9-22/h3-6,8-14,17H,7,15-16,18-20H2,1-2H3. The Morgan fingerprint density at radius 2 is 1.66 bits per heavy atom. The van der Waals surface area contributed by atoms with E-state index in [1.807, 2.05) is 83.9 Å². The number of hydrogen-bond donors (Lipinski definition) is 0. The van der Waals surface area contributed by atoms with Gasteiger partial charge in [0, 0.05) is 37.2 Å². The van der Waals surface area contributed by atoms with Gasteiger partial charge in [0.25, 0.3) is 5.91 Å². The van der Waals surface area contributed by atoms with Gasteiger partial charge in [-0.05, 0) is 42.5 Å². The predicted octanol–water partition coefficient (Wildman–Crippen LogP) is 4.76. The topological polar surface area (TPSA) is 49.9 Å². The Hall–Kier alpha value is -2.96. The summed E-state index contributed by atoms with van der Waals surface area (Å²) in [6.45, 7) is 4.05. The first-order valence-electron chi connectivity index (χ1n) is 10.8. The summed E-state index contributed by atoms with van der Waals surface area (Å²) >= 11 is 1.63. The van der Waals surface area contributed by atoms with Gasteiger partial charge >= 0.3 is 0 Å². The third-order valence-electron chi connectivity index (χ3n) is 5.18. The van der Waals surface area contributed by atoms with E-state index in [9.17, 15) is 9.59 Å². The highest BCUT2D eigenvalue weighted by atomic mass is 32.1. The van der Waals surface area contributed by atoms with Gasteiger partial charge in [-0.15, -0.1) is 11.3 Å². The maximum absolute atomic E-state index is 13.4. The Labute approximate surface area is 194 Å². The molecule has 2 aromatic carbocycles. The highest BCUT2D eigenvalue weighted by molar-refractivity contribution is 7.09. The first-order chi connectivity index (χ1) is 15.6. The summed E-state index contributed by atoms with van der Waals surface area (Å²) < 4.78 is 5.16. The van der Waals surface area contributed by atoms with Crippen molar-refractivity contribution in [2.45, 2.75) is 26.4 Å². The Morgan fingerprint density at radius 1 is 0.906 bits per heavy atom. The molecule has 3 rings (SSSR count). The number of methoxy groups -OCH3 is 1. The number of hydrogen-bond acceptors (Lipinski definition) is 4.